The smallest absolute Gasteiger partial charge is 0.197 e. The summed E-state index contributed by atoms with van der Waals surface area (Å²) in [6.45, 7) is 13.0. The molecule has 514 valence electrons. The normalized spacial score (nSPS) is 12.0. The summed E-state index contributed by atoms with van der Waals surface area (Å²) in [7, 11) is 3.86. The van der Waals surface area contributed by atoms with Gasteiger partial charge in [-0.05, 0) is 180 Å². The summed E-state index contributed by atoms with van der Waals surface area (Å²) in [5.41, 5.74) is 14.9. The molecule has 0 radical (unpaired) electrons. The van der Waals surface area contributed by atoms with E-state index >= 15 is 0 Å². The molecule has 0 aliphatic rings. The van der Waals surface area contributed by atoms with E-state index in [0.29, 0.717) is 86.7 Å². The molecule has 0 N–H and O–H groups in total. The van der Waals surface area contributed by atoms with Gasteiger partial charge in [0.1, 0.15) is 0 Å². The van der Waals surface area contributed by atoms with Crippen molar-refractivity contribution in [3.63, 3.8) is 0 Å². The predicted molar refractivity (Wildman–Crippen MR) is 440 cm³/mol. The number of benzene rings is 13. The second-order valence-corrected chi connectivity index (χ2v) is 29.5. The number of para-hydroxylation sites is 8. The molecule has 0 spiro atoms. The van der Waals surface area contributed by atoms with Crippen LogP contribution in [0, 0.1) is 0 Å². The lowest BCUT2D eigenvalue weighted by Gasteiger charge is -2.23. The molecule has 0 aliphatic heterocycles. The molecule has 0 fully saturated rings. The van der Waals surface area contributed by atoms with Gasteiger partial charge >= 0.3 is 0 Å². The van der Waals surface area contributed by atoms with Gasteiger partial charge in [0.05, 0.1) is 66.2 Å². The van der Waals surface area contributed by atoms with E-state index in [9.17, 15) is 28.8 Å². The standard InChI is InChI=1S/C40H36N2O2.C32H20N2O2.C22H16N2O2/c1-39(2,3)25-17-19-33-29(21-25)37(43)31-23-36-32(24-35(31)41(33)27-13-9-7-10-14-27)38(44)30-22-26(40(4,5)6)18-20-34(30)42(36)28-15-11-8-12-16-28;35-31-23-15-7-9-17-27(23)33(21-11-3-1-4-12-21)29-19-26-30(20-25(29)31)34(22-13-5-2-6-14-22)28-18-10-8-16-24(28)32(26)36;1-23-17-9-5-3-7-13(17)21(25)15-12-20-16(11-19(15)23)22(26)14-8-4-6-10-18(14)24(20)2/h7-24H,1-6H3;1-20H;3-12H,1-2H3. The average Bonchev–Trinajstić information content (AvgIpc) is 0.726. The van der Waals surface area contributed by atoms with Crippen LogP contribution in [0.5, 0.6) is 0 Å². The van der Waals surface area contributed by atoms with Crippen molar-refractivity contribution in [1.29, 1.82) is 0 Å². The van der Waals surface area contributed by atoms with E-state index in [1.807, 2.05) is 302 Å². The fourth-order valence-corrected chi connectivity index (χ4v) is 15.6. The monoisotopic (exact) mass is 1380 g/mol. The fourth-order valence-electron chi connectivity index (χ4n) is 15.6. The topological polar surface area (TPSA) is 132 Å². The summed E-state index contributed by atoms with van der Waals surface area (Å²) >= 11 is 0. The second kappa shape index (κ2) is 25.3. The lowest BCUT2D eigenvalue weighted by Crippen LogP contribution is -2.17. The number of aromatic nitrogens is 6. The number of fused-ring (bicyclic) bond motifs is 12. The van der Waals surface area contributed by atoms with E-state index in [1.165, 1.54) is 0 Å². The minimum absolute atomic E-state index is 0.00351. The molecule has 0 saturated heterocycles. The highest BCUT2D eigenvalue weighted by Crippen LogP contribution is 2.36. The van der Waals surface area contributed by atoms with Crippen LogP contribution in [-0.4, -0.2) is 27.4 Å². The number of aryl methyl sites for hydroxylation is 2. The molecule has 106 heavy (non-hydrogen) atoms. The summed E-state index contributed by atoms with van der Waals surface area (Å²) in [5.74, 6) is 0. The number of rotatable bonds is 4. The molecule has 12 heteroatoms. The van der Waals surface area contributed by atoms with Gasteiger partial charge in [0.25, 0.3) is 0 Å². The molecule has 0 unspecified atom stereocenters. The summed E-state index contributed by atoms with van der Waals surface area (Å²) < 4.78 is 12.4. The molecule has 0 aliphatic carbocycles. The van der Waals surface area contributed by atoms with Gasteiger partial charge in [-0.1, -0.05) is 175 Å². The first-order chi connectivity index (χ1) is 51.2. The van der Waals surface area contributed by atoms with Crippen LogP contribution < -0.4 is 32.6 Å². The van der Waals surface area contributed by atoms with Gasteiger partial charge in [-0.2, -0.15) is 0 Å². The number of hydrogen-bond acceptors (Lipinski definition) is 6. The summed E-state index contributed by atoms with van der Waals surface area (Å²) in [6, 6.07) is 94.2. The predicted octanol–water partition coefficient (Wildman–Crippen LogP) is 19.5. The van der Waals surface area contributed by atoms with Gasteiger partial charge in [0.2, 0.25) is 0 Å². The van der Waals surface area contributed by atoms with Crippen molar-refractivity contribution in [2.75, 3.05) is 0 Å². The van der Waals surface area contributed by atoms with Crippen LogP contribution in [0.25, 0.3) is 154 Å². The molecular formula is C94H72N6O6. The molecule has 6 aromatic heterocycles. The Morgan fingerprint density at radius 2 is 0.387 bits per heavy atom. The molecule has 13 aromatic carbocycles. The lowest BCUT2D eigenvalue weighted by molar-refractivity contribution is 0.591. The van der Waals surface area contributed by atoms with Crippen LogP contribution >= 0.6 is 0 Å². The summed E-state index contributed by atoms with van der Waals surface area (Å²) in [4.78, 5) is 82.6. The van der Waals surface area contributed by atoms with Crippen LogP contribution in [0.15, 0.2) is 320 Å². The maximum atomic E-state index is 14.4. The number of pyridine rings is 6. The Kier molecular flexibility index (Phi) is 15.7. The third-order valence-corrected chi connectivity index (χ3v) is 21.0. The van der Waals surface area contributed by atoms with Gasteiger partial charge < -0.3 is 27.4 Å². The summed E-state index contributed by atoms with van der Waals surface area (Å²) in [6.07, 6.45) is 0. The molecule has 0 amide bonds. The zero-order chi connectivity index (χ0) is 73.2. The molecule has 19 aromatic rings. The Labute approximate surface area is 607 Å². The van der Waals surface area contributed by atoms with Crippen LogP contribution in [-0.2, 0) is 24.9 Å². The Bertz CT molecular complexity index is 6870. The molecule has 0 saturated carbocycles. The van der Waals surface area contributed by atoms with Crippen molar-refractivity contribution < 1.29 is 0 Å². The van der Waals surface area contributed by atoms with Crippen molar-refractivity contribution in [3.8, 4) is 22.7 Å². The Hall–Kier alpha value is -13.3. The van der Waals surface area contributed by atoms with Crippen molar-refractivity contribution in [1.82, 2.24) is 27.4 Å². The fraction of sp³-hybridized carbons (Fsp3) is 0.106. The van der Waals surface area contributed by atoms with Gasteiger partial charge in [0.15, 0.2) is 32.6 Å². The van der Waals surface area contributed by atoms with Crippen LogP contribution in [0.1, 0.15) is 52.7 Å². The number of nitrogens with zero attached hydrogens (tertiary/aromatic N) is 6. The van der Waals surface area contributed by atoms with Crippen LogP contribution in [0.4, 0.5) is 0 Å². The van der Waals surface area contributed by atoms with E-state index in [1.54, 1.807) is 0 Å². The Morgan fingerprint density at radius 1 is 0.189 bits per heavy atom. The third-order valence-electron chi connectivity index (χ3n) is 21.0. The highest BCUT2D eigenvalue weighted by molar-refractivity contribution is 6.09. The minimum atomic E-state index is -0.116. The molecule has 0 atom stereocenters. The third kappa shape index (κ3) is 10.7. The first kappa shape index (κ1) is 66.0. The van der Waals surface area contributed by atoms with E-state index < -0.39 is 0 Å². The van der Waals surface area contributed by atoms with E-state index in [-0.39, 0.29) is 43.4 Å². The van der Waals surface area contributed by atoms with Crippen molar-refractivity contribution in [2.45, 2.75) is 52.4 Å². The quantitative estimate of drug-likeness (QED) is 0.161. The van der Waals surface area contributed by atoms with Crippen LogP contribution in [0.2, 0.25) is 0 Å². The first-order valence-electron chi connectivity index (χ1n) is 35.6. The van der Waals surface area contributed by atoms with Gasteiger partial charge in [-0.15, -0.1) is 0 Å². The Balaban J connectivity index is 0.000000121. The molecular weight excluding hydrogens is 1310 g/mol. The number of hydrogen-bond donors (Lipinski definition) is 0. The zero-order valence-corrected chi connectivity index (χ0v) is 59.8. The van der Waals surface area contributed by atoms with Gasteiger partial charge in [-0.25, -0.2) is 0 Å². The largest absolute Gasteiger partial charge is 0.343 e. The first-order valence-corrected chi connectivity index (χ1v) is 35.6. The second-order valence-electron chi connectivity index (χ2n) is 29.5. The Morgan fingerprint density at radius 3 is 0.660 bits per heavy atom. The van der Waals surface area contributed by atoms with E-state index in [0.717, 1.165) is 78.0 Å². The molecule has 12 nitrogen and oxygen atoms in total. The molecule has 0 bridgehead atoms. The molecule has 19 rings (SSSR count). The van der Waals surface area contributed by atoms with Gasteiger partial charge in [0, 0.05) is 101 Å². The lowest BCUT2D eigenvalue weighted by atomic mass is 9.86. The zero-order valence-electron chi connectivity index (χ0n) is 59.8. The van der Waals surface area contributed by atoms with Gasteiger partial charge in [-0.3, -0.25) is 28.8 Å². The van der Waals surface area contributed by atoms with E-state index in [2.05, 4.69) is 71.9 Å². The maximum Gasteiger partial charge on any atom is 0.197 e. The maximum absolute atomic E-state index is 14.4. The molecule has 6 heterocycles. The van der Waals surface area contributed by atoms with Crippen LogP contribution in [0.3, 0.4) is 0 Å². The van der Waals surface area contributed by atoms with Crippen molar-refractivity contribution in [2.24, 2.45) is 14.1 Å². The van der Waals surface area contributed by atoms with Crippen molar-refractivity contribution >= 4 is 131 Å². The minimum Gasteiger partial charge on any atom is -0.343 e. The average molecular weight is 1380 g/mol. The SMILES string of the molecule is CC(C)(C)c1ccc2c(c1)c(=O)c1cc3c(cc1n2-c1ccccc1)c(=O)c1cc(C(C)(C)C)ccc1n3-c1ccccc1.Cn1c2ccccc2c(=O)c2cc3c(cc21)c(=O)c1ccccc1n3C.O=c1c2ccccc2n(-c2ccccc2)c2cc3c(=O)c4ccccc4n(-c4ccccc4)c3cc12. The summed E-state index contributed by atoms with van der Waals surface area (Å²) in [5, 5.41) is 7.55. The van der Waals surface area contributed by atoms with Crippen molar-refractivity contribution in [3.05, 3.63) is 364 Å². The highest BCUT2D eigenvalue weighted by atomic mass is 16.1. The highest BCUT2D eigenvalue weighted by Gasteiger charge is 2.25. The van der Waals surface area contributed by atoms with E-state index in [4.69, 9.17) is 0 Å².